The summed E-state index contributed by atoms with van der Waals surface area (Å²) in [6.07, 6.45) is 2.83. The van der Waals surface area contributed by atoms with Crippen molar-refractivity contribution in [1.29, 1.82) is 0 Å². The molecule has 2 N–H and O–H groups in total. The number of nitrogens with one attached hydrogen (secondary N) is 1. The van der Waals surface area contributed by atoms with Gasteiger partial charge in [0.25, 0.3) is 0 Å². The second kappa shape index (κ2) is 4.72. The summed E-state index contributed by atoms with van der Waals surface area (Å²) in [5, 5.41) is 12.5. The zero-order chi connectivity index (χ0) is 11.6. The molecule has 2 fully saturated rings. The molecule has 0 unspecified atom stereocenters. The molecule has 92 valence electrons. The number of carbonyl (C=O) groups excluding carboxylic acids is 1. The number of carbonyl (C=O) groups is 1. The van der Waals surface area contributed by atoms with Gasteiger partial charge in [0.05, 0.1) is 5.92 Å². The van der Waals surface area contributed by atoms with Crippen LogP contribution in [0.1, 0.15) is 26.2 Å². The van der Waals surface area contributed by atoms with Crippen molar-refractivity contribution in [1.82, 2.24) is 10.2 Å². The van der Waals surface area contributed by atoms with Gasteiger partial charge in [-0.3, -0.25) is 4.79 Å². The minimum Gasteiger partial charge on any atom is -0.396 e. The molecule has 2 aliphatic heterocycles. The maximum Gasteiger partial charge on any atom is 0.227 e. The lowest BCUT2D eigenvalue weighted by Crippen LogP contribution is -2.46. The molecular formula is C12H22N2O2. The molecule has 0 radical (unpaired) electrons. The highest BCUT2D eigenvalue weighted by atomic mass is 16.3. The molecule has 1 amide bonds. The number of hydrogen-bond donors (Lipinski definition) is 2. The highest BCUT2D eigenvalue weighted by molar-refractivity contribution is 5.79. The van der Waals surface area contributed by atoms with E-state index in [1.165, 1.54) is 0 Å². The fourth-order valence-electron chi connectivity index (χ4n) is 2.55. The molecule has 4 nitrogen and oxygen atoms in total. The summed E-state index contributed by atoms with van der Waals surface area (Å²) < 4.78 is 0. The van der Waals surface area contributed by atoms with E-state index in [2.05, 4.69) is 12.2 Å². The molecule has 0 saturated carbocycles. The standard InChI is InChI=1S/C12H22N2O2/c1-12(9-15)3-6-14(7-4-12)11(16)10-2-5-13-8-10/h10,13,15H,2-9H2,1H3/t10-/m1/s1. The smallest absolute Gasteiger partial charge is 0.227 e. The van der Waals surface area contributed by atoms with Crippen molar-refractivity contribution in [3.8, 4) is 0 Å². The van der Waals surface area contributed by atoms with Crippen molar-refractivity contribution in [2.45, 2.75) is 26.2 Å². The first kappa shape index (κ1) is 11.9. The van der Waals surface area contributed by atoms with Crippen LogP contribution in [0.2, 0.25) is 0 Å². The number of nitrogens with zero attached hydrogens (tertiary/aromatic N) is 1. The zero-order valence-electron chi connectivity index (χ0n) is 10.0. The molecular weight excluding hydrogens is 204 g/mol. The summed E-state index contributed by atoms with van der Waals surface area (Å²) in [5.41, 5.74) is 0.0324. The van der Waals surface area contributed by atoms with Gasteiger partial charge in [-0.15, -0.1) is 0 Å². The second-order valence-electron chi connectivity index (χ2n) is 5.48. The number of piperidine rings is 1. The first-order chi connectivity index (χ1) is 7.64. The SMILES string of the molecule is CC1(CO)CCN(C(=O)[C@@H]2CCNC2)CC1. The molecule has 0 spiro atoms. The molecule has 2 saturated heterocycles. The normalized spacial score (nSPS) is 29.4. The number of aliphatic hydroxyl groups is 1. The van der Waals surface area contributed by atoms with Crippen molar-refractivity contribution in [3.63, 3.8) is 0 Å². The Kier molecular flexibility index (Phi) is 3.50. The van der Waals surface area contributed by atoms with Gasteiger partial charge in [0, 0.05) is 26.2 Å². The van der Waals surface area contributed by atoms with Crippen molar-refractivity contribution < 1.29 is 9.90 Å². The van der Waals surface area contributed by atoms with Crippen molar-refractivity contribution in [3.05, 3.63) is 0 Å². The summed E-state index contributed by atoms with van der Waals surface area (Å²) in [6, 6.07) is 0. The van der Waals surface area contributed by atoms with Gasteiger partial charge in [0.2, 0.25) is 5.91 Å². The molecule has 16 heavy (non-hydrogen) atoms. The van der Waals surface area contributed by atoms with Crippen LogP contribution in [-0.2, 0) is 4.79 Å². The summed E-state index contributed by atoms with van der Waals surface area (Å²) >= 11 is 0. The predicted molar refractivity (Wildman–Crippen MR) is 62.0 cm³/mol. The zero-order valence-corrected chi connectivity index (χ0v) is 10.0. The Hall–Kier alpha value is -0.610. The van der Waals surface area contributed by atoms with Crippen LogP contribution in [0, 0.1) is 11.3 Å². The van der Waals surface area contributed by atoms with Crippen LogP contribution in [0.25, 0.3) is 0 Å². The van der Waals surface area contributed by atoms with Gasteiger partial charge >= 0.3 is 0 Å². The van der Waals surface area contributed by atoms with E-state index in [0.717, 1.165) is 45.4 Å². The van der Waals surface area contributed by atoms with Crippen LogP contribution < -0.4 is 5.32 Å². The molecule has 2 aliphatic rings. The number of likely N-dealkylation sites (tertiary alicyclic amines) is 1. The third-order valence-electron chi connectivity index (χ3n) is 4.07. The van der Waals surface area contributed by atoms with Crippen molar-refractivity contribution in [2.75, 3.05) is 32.8 Å². The molecule has 0 aromatic carbocycles. The maximum atomic E-state index is 12.1. The van der Waals surface area contributed by atoms with Crippen LogP contribution in [0.5, 0.6) is 0 Å². The average Bonchev–Trinajstić information content (AvgIpc) is 2.83. The third-order valence-corrected chi connectivity index (χ3v) is 4.07. The molecule has 0 aromatic rings. The second-order valence-corrected chi connectivity index (χ2v) is 5.48. The Morgan fingerprint density at radius 1 is 1.50 bits per heavy atom. The Morgan fingerprint density at radius 3 is 2.69 bits per heavy atom. The van der Waals surface area contributed by atoms with Gasteiger partial charge in [-0.05, 0) is 31.2 Å². The summed E-state index contributed by atoms with van der Waals surface area (Å²) in [7, 11) is 0. The molecule has 2 heterocycles. The van der Waals surface area contributed by atoms with E-state index in [4.69, 9.17) is 0 Å². The first-order valence-corrected chi connectivity index (χ1v) is 6.25. The fraction of sp³-hybridized carbons (Fsp3) is 0.917. The fourth-order valence-corrected chi connectivity index (χ4v) is 2.55. The molecule has 0 aliphatic carbocycles. The van der Waals surface area contributed by atoms with Gasteiger partial charge in [-0.1, -0.05) is 6.92 Å². The van der Waals surface area contributed by atoms with Crippen LogP contribution >= 0.6 is 0 Å². The Balaban J connectivity index is 1.86. The van der Waals surface area contributed by atoms with Crippen molar-refractivity contribution >= 4 is 5.91 Å². The lowest BCUT2D eigenvalue weighted by molar-refractivity contribution is -0.137. The summed E-state index contributed by atoms with van der Waals surface area (Å²) in [4.78, 5) is 14.1. The third kappa shape index (κ3) is 2.38. The number of aliphatic hydroxyl groups excluding tert-OH is 1. The topological polar surface area (TPSA) is 52.6 Å². The largest absolute Gasteiger partial charge is 0.396 e. The van der Waals surface area contributed by atoms with E-state index in [1.54, 1.807) is 0 Å². The number of hydrogen-bond acceptors (Lipinski definition) is 3. The average molecular weight is 226 g/mol. The van der Waals surface area contributed by atoms with Crippen LogP contribution in [0.3, 0.4) is 0 Å². The quantitative estimate of drug-likeness (QED) is 0.708. The first-order valence-electron chi connectivity index (χ1n) is 6.25. The monoisotopic (exact) mass is 226 g/mol. The number of rotatable bonds is 2. The van der Waals surface area contributed by atoms with Gasteiger partial charge in [0.1, 0.15) is 0 Å². The Bertz CT molecular complexity index is 254. The van der Waals surface area contributed by atoms with Crippen molar-refractivity contribution in [2.24, 2.45) is 11.3 Å². The van der Waals surface area contributed by atoms with E-state index in [0.29, 0.717) is 5.91 Å². The van der Waals surface area contributed by atoms with Gasteiger partial charge in [-0.2, -0.15) is 0 Å². The van der Waals surface area contributed by atoms with E-state index in [1.807, 2.05) is 4.90 Å². The van der Waals surface area contributed by atoms with Crippen LogP contribution in [-0.4, -0.2) is 48.7 Å². The molecule has 0 aromatic heterocycles. The highest BCUT2D eigenvalue weighted by Crippen LogP contribution is 2.30. The number of amides is 1. The Labute approximate surface area is 97.0 Å². The predicted octanol–water partition coefficient (Wildman–Crippen LogP) is 0.217. The molecule has 2 rings (SSSR count). The summed E-state index contributed by atoms with van der Waals surface area (Å²) in [6.45, 7) is 5.77. The van der Waals surface area contributed by atoms with Crippen LogP contribution in [0.4, 0.5) is 0 Å². The minimum absolute atomic E-state index is 0.0324. The van der Waals surface area contributed by atoms with E-state index >= 15 is 0 Å². The van der Waals surface area contributed by atoms with Gasteiger partial charge in [-0.25, -0.2) is 0 Å². The summed E-state index contributed by atoms with van der Waals surface area (Å²) in [5.74, 6) is 0.503. The molecule has 4 heteroatoms. The minimum atomic E-state index is 0.0324. The lowest BCUT2D eigenvalue weighted by atomic mass is 9.81. The van der Waals surface area contributed by atoms with Gasteiger partial charge < -0.3 is 15.3 Å². The molecule has 0 bridgehead atoms. The van der Waals surface area contributed by atoms with Gasteiger partial charge in [0.15, 0.2) is 0 Å². The highest BCUT2D eigenvalue weighted by Gasteiger charge is 2.34. The maximum absolute atomic E-state index is 12.1. The molecule has 1 atom stereocenters. The van der Waals surface area contributed by atoms with E-state index < -0.39 is 0 Å². The Morgan fingerprint density at radius 2 is 2.19 bits per heavy atom. The van der Waals surface area contributed by atoms with Crippen LogP contribution in [0.15, 0.2) is 0 Å². The van der Waals surface area contributed by atoms with E-state index in [-0.39, 0.29) is 17.9 Å². The van der Waals surface area contributed by atoms with E-state index in [9.17, 15) is 9.90 Å². The lowest BCUT2D eigenvalue weighted by Gasteiger charge is -2.39.